The summed E-state index contributed by atoms with van der Waals surface area (Å²) in [4.78, 5) is 30.3. The summed E-state index contributed by atoms with van der Waals surface area (Å²) in [5.74, 6) is 0.915. The summed E-state index contributed by atoms with van der Waals surface area (Å²) in [6, 6.07) is 14.8. The predicted octanol–water partition coefficient (Wildman–Crippen LogP) is 3.65. The van der Waals surface area contributed by atoms with Crippen LogP contribution in [0.4, 0.5) is 0 Å². The van der Waals surface area contributed by atoms with Gasteiger partial charge < -0.3 is 14.5 Å². The van der Waals surface area contributed by atoms with E-state index in [4.69, 9.17) is 4.74 Å². The van der Waals surface area contributed by atoms with Gasteiger partial charge in [0, 0.05) is 31.8 Å². The van der Waals surface area contributed by atoms with Crippen LogP contribution in [0.25, 0.3) is 0 Å². The van der Waals surface area contributed by atoms with E-state index >= 15 is 0 Å². The molecule has 194 valence electrons. The number of piperidine rings is 1. The Bertz CT molecular complexity index is 1160. The quantitative estimate of drug-likeness (QED) is 0.627. The number of aryl methyl sites for hydroxylation is 1. The van der Waals surface area contributed by atoms with Crippen molar-refractivity contribution in [3.8, 4) is 5.75 Å². The molecule has 0 aliphatic carbocycles. The Kier molecular flexibility index (Phi) is 8.67. The van der Waals surface area contributed by atoms with Crippen molar-refractivity contribution in [3.05, 3.63) is 59.7 Å². The van der Waals surface area contributed by atoms with Crippen LogP contribution in [0, 0.1) is 0 Å². The van der Waals surface area contributed by atoms with Crippen molar-refractivity contribution in [3.63, 3.8) is 0 Å². The molecule has 0 radical (unpaired) electrons. The third-order valence-electron chi connectivity index (χ3n) is 7.12. The molecule has 36 heavy (non-hydrogen) atoms. The first-order valence-electron chi connectivity index (χ1n) is 12.9. The van der Waals surface area contributed by atoms with Crippen molar-refractivity contribution < 1.29 is 22.7 Å². The molecule has 4 rings (SSSR count). The normalized spacial score (nSPS) is 20.0. The molecule has 0 spiro atoms. The largest absolute Gasteiger partial charge is 0.492 e. The van der Waals surface area contributed by atoms with Crippen molar-refractivity contribution >= 4 is 21.7 Å². The molecule has 2 bridgehead atoms. The predicted molar refractivity (Wildman–Crippen MR) is 139 cm³/mol. The SMILES string of the molecule is CS(=O)(=O)c1ccc(CC(=O)N2CCCC(=O)N3CCCCC3CCc3cccc(c3)OCC2)cc1. The van der Waals surface area contributed by atoms with Crippen LogP contribution in [-0.2, 0) is 32.3 Å². The van der Waals surface area contributed by atoms with Crippen LogP contribution < -0.4 is 4.74 Å². The van der Waals surface area contributed by atoms with E-state index in [1.807, 2.05) is 12.1 Å². The second-order valence-corrected chi connectivity index (χ2v) is 11.9. The number of hydrogen-bond donors (Lipinski definition) is 0. The van der Waals surface area contributed by atoms with Crippen LogP contribution in [0.5, 0.6) is 5.75 Å². The second-order valence-electron chi connectivity index (χ2n) is 9.85. The number of rotatable bonds is 3. The van der Waals surface area contributed by atoms with E-state index in [-0.39, 0.29) is 29.2 Å². The highest BCUT2D eigenvalue weighted by Crippen LogP contribution is 2.24. The Morgan fingerprint density at radius 2 is 1.78 bits per heavy atom. The number of carbonyl (C=O) groups excluding carboxylic acids is 2. The van der Waals surface area contributed by atoms with E-state index in [1.165, 1.54) is 24.0 Å². The summed E-state index contributed by atoms with van der Waals surface area (Å²) >= 11 is 0. The summed E-state index contributed by atoms with van der Waals surface area (Å²) in [7, 11) is -3.28. The molecule has 2 aromatic carbocycles. The number of fused-ring (bicyclic) bond motifs is 3. The Morgan fingerprint density at radius 1 is 0.972 bits per heavy atom. The molecule has 2 heterocycles. The van der Waals surface area contributed by atoms with E-state index in [9.17, 15) is 18.0 Å². The number of amides is 2. The molecule has 1 unspecified atom stereocenters. The lowest BCUT2D eigenvalue weighted by Gasteiger charge is -2.36. The van der Waals surface area contributed by atoms with Crippen molar-refractivity contribution in [1.29, 1.82) is 0 Å². The van der Waals surface area contributed by atoms with Gasteiger partial charge in [0.2, 0.25) is 11.8 Å². The fourth-order valence-corrected chi connectivity index (χ4v) is 5.72. The Labute approximate surface area is 214 Å². The highest BCUT2D eigenvalue weighted by Gasteiger charge is 2.26. The van der Waals surface area contributed by atoms with Gasteiger partial charge in [0.15, 0.2) is 9.84 Å². The van der Waals surface area contributed by atoms with Gasteiger partial charge in [0.1, 0.15) is 12.4 Å². The molecule has 1 atom stereocenters. The molecule has 2 aliphatic heterocycles. The van der Waals surface area contributed by atoms with Crippen LogP contribution in [-0.4, -0.2) is 68.6 Å². The van der Waals surface area contributed by atoms with E-state index in [0.717, 1.165) is 50.0 Å². The number of hydrogen-bond acceptors (Lipinski definition) is 5. The zero-order valence-corrected chi connectivity index (χ0v) is 21.8. The van der Waals surface area contributed by atoms with E-state index in [2.05, 4.69) is 17.0 Å². The standard InChI is InChI=1S/C28H36N2O5S/c1-36(33,34)26-14-11-23(12-15-26)21-28(32)29-16-5-9-27(31)30-17-3-2-7-24(30)13-10-22-6-4-8-25(20-22)35-19-18-29/h4,6,8,11-12,14-15,20,24H,2-3,5,7,9-10,13,16-19,21H2,1H3. The van der Waals surface area contributed by atoms with Gasteiger partial charge in [0.25, 0.3) is 0 Å². The van der Waals surface area contributed by atoms with Crippen molar-refractivity contribution in [2.24, 2.45) is 0 Å². The lowest BCUT2D eigenvalue weighted by molar-refractivity contribution is -0.136. The topological polar surface area (TPSA) is 84.0 Å². The number of sulfone groups is 1. The third kappa shape index (κ3) is 7.09. The molecule has 8 heteroatoms. The van der Waals surface area contributed by atoms with Crippen LogP contribution >= 0.6 is 0 Å². The average Bonchev–Trinajstić information content (AvgIpc) is 2.86. The second kappa shape index (κ2) is 11.9. The first-order valence-corrected chi connectivity index (χ1v) is 14.8. The van der Waals surface area contributed by atoms with Gasteiger partial charge in [-0.15, -0.1) is 0 Å². The number of carbonyl (C=O) groups is 2. The minimum atomic E-state index is -3.28. The Morgan fingerprint density at radius 3 is 2.56 bits per heavy atom. The van der Waals surface area contributed by atoms with Gasteiger partial charge in [-0.2, -0.15) is 0 Å². The zero-order chi connectivity index (χ0) is 25.5. The number of benzene rings is 2. The van der Waals surface area contributed by atoms with Gasteiger partial charge in [0.05, 0.1) is 17.9 Å². The molecular weight excluding hydrogens is 476 g/mol. The summed E-state index contributed by atoms with van der Waals surface area (Å²) in [6.07, 6.45) is 7.49. The van der Waals surface area contributed by atoms with Crippen LogP contribution in [0.1, 0.15) is 49.7 Å². The van der Waals surface area contributed by atoms with Crippen LogP contribution in [0.15, 0.2) is 53.4 Å². The fourth-order valence-electron chi connectivity index (χ4n) is 5.09. The Hall–Kier alpha value is -2.87. The van der Waals surface area contributed by atoms with E-state index in [0.29, 0.717) is 32.5 Å². The van der Waals surface area contributed by atoms with Gasteiger partial charge in [-0.25, -0.2) is 8.42 Å². The zero-order valence-electron chi connectivity index (χ0n) is 21.0. The van der Waals surface area contributed by atoms with Crippen molar-refractivity contribution in [1.82, 2.24) is 9.80 Å². The molecule has 7 nitrogen and oxygen atoms in total. The highest BCUT2D eigenvalue weighted by molar-refractivity contribution is 7.90. The molecule has 2 amide bonds. The van der Waals surface area contributed by atoms with Crippen molar-refractivity contribution in [2.45, 2.75) is 62.3 Å². The maximum atomic E-state index is 13.2. The maximum absolute atomic E-state index is 13.2. The van der Waals surface area contributed by atoms with Crippen molar-refractivity contribution in [2.75, 3.05) is 32.5 Å². The smallest absolute Gasteiger partial charge is 0.227 e. The summed E-state index contributed by atoms with van der Waals surface area (Å²) in [5, 5.41) is 0. The Balaban J connectivity index is 1.47. The van der Waals surface area contributed by atoms with Gasteiger partial charge >= 0.3 is 0 Å². The number of ether oxygens (including phenoxy) is 1. The van der Waals surface area contributed by atoms with Crippen LogP contribution in [0.2, 0.25) is 0 Å². The van der Waals surface area contributed by atoms with Gasteiger partial charge in [-0.3, -0.25) is 9.59 Å². The molecule has 0 saturated carbocycles. The average molecular weight is 513 g/mol. The van der Waals surface area contributed by atoms with Gasteiger partial charge in [-0.05, 0) is 73.9 Å². The molecule has 1 saturated heterocycles. The molecule has 2 aliphatic rings. The summed E-state index contributed by atoms with van der Waals surface area (Å²) in [5.41, 5.74) is 1.95. The fraction of sp³-hybridized carbons (Fsp3) is 0.500. The lowest BCUT2D eigenvalue weighted by Crippen LogP contribution is -2.44. The molecule has 0 N–H and O–H groups in total. The van der Waals surface area contributed by atoms with E-state index < -0.39 is 9.84 Å². The van der Waals surface area contributed by atoms with E-state index in [1.54, 1.807) is 17.0 Å². The molecule has 1 fully saturated rings. The monoisotopic (exact) mass is 512 g/mol. The third-order valence-corrected chi connectivity index (χ3v) is 8.25. The highest BCUT2D eigenvalue weighted by atomic mass is 32.2. The minimum absolute atomic E-state index is 0.0629. The maximum Gasteiger partial charge on any atom is 0.227 e. The molecular formula is C28H36N2O5S. The summed E-state index contributed by atoms with van der Waals surface area (Å²) in [6.45, 7) is 2.09. The first-order chi connectivity index (χ1) is 17.3. The molecule has 0 aromatic heterocycles. The minimum Gasteiger partial charge on any atom is -0.492 e. The first kappa shape index (κ1) is 26.2. The molecule has 2 aromatic rings. The van der Waals surface area contributed by atoms with Gasteiger partial charge in [-0.1, -0.05) is 24.3 Å². The summed E-state index contributed by atoms with van der Waals surface area (Å²) < 4.78 is 29.4. The lowest BCUT2D eigenvalue weighted by atomic mass is 9.95. The van der Waals surface area contributed by atoms with Crippen LogP contribution in [0.3, 0.4) is 0 Å². The number of nitrogens with zero attached hydrogens (tertiary/aromatic N) is 2.